The Morgan fingerprint density at radius 3 is 2.77 bits per heavy atom. The molecule has 1 aliphatic rings. The molecule has 1 unspecified atom stereocenters. The van der Waals surface area contributed by atoms with Crippen LogP contribution in [0.25, 0.3) is 0 Å². The first-order chi connectivity index (χ1) is 10.2. The molecule has 0 saturated heterocycles. The molecule has 1 aromatic rings. The van der Waals surface area contributed by atoms with Crippen LogP contribution in [0.4, 0.5) is 0 Å². The van der Waals surface area contributed by atoms with Gasteiger partial charge in [0.1, 0.15) is 11.9 Å². The Morgan fingerprint density at radius 1 is 1.36 bits per heavy atom. The van der Waals surface area contributed by atoms with Crippen LogP contribution in [0.1, 0.15) is 31.7 Å². The van der Waals surface area contributed by atoms with Crippen molar-refractivity contribution in [1.82, 2.24) is 10.6 Å². The SMILES string of the molecule is CN=C(NCCC1CC1)NCC(C)Oc1cccc(C)c1.I. The van der Waals surface area contributed by atoms with Crippen LogP contribution in [0.15, 0.2) is 29.3 Å². The highest BCUT2D eigenvalue weighted by atomic mass is 127. The molecule has 0 bridgehead atoms. The Labute approximate surface area is 151 Å². The van der Waals surface area contributed by atoms with E-state index in [2.05, 4.69) is 41.6 Å². The summed E-state index contributed by atoms with van der Waals surface area (Å²) < 4.78 is 5.90. The van der Waals surface area contributed by atoms with Gasteiger partial charge < -0.3 is 15.4 Å². The molecule has 1 fully saturated rings. The van der Waals surface area contributed by atoms with Gasteiger partial charge in [-0.15, -0.1) is 24.0 Å². The molecule has 22 heavy (non-hydrogen) atoms. The summed E-state index contributed by atoms with van der Waals surface area (Å²) in [4.78, 5) is 4.24. The predicted molar refractivity (Wildman–Crippen MR) is 103 cm³/mol. The zero-order valence-electron chi connectivity index (χ0n) is 13.8. The third-order valence-corrected chi connectivity index (χ3v) is 3.65. The molecule has 1 saturated carbocycles. The molecule has 1 atom stereocenters. The Balaban J connectivity index is 0.00000242. The molecule has 0 radical (unpaired) electrons. The van der Waals surface area contributed by atoms with Crippen molar-refractivity contribution in [3.8, 4) is 5.75 Å². The van der Waals surface area contributed by atoms with Crippen LogP contribution in [0.3, 0.4) is 0 Å². The van der Waals surface area contributed by atoms with E-state index in [4.69, 9.17) is 4.74 Å². The number of nitrogens with zero attached hydrogens (tertiary/aromatic N) is 1. The van der Waals surface area contributed by atoms with E-state index in [-0.39, 0.29) is 30.1 Å². The van der Waals surface area contributed by atoms with Crippen LogP contribution in [0.2, 0.25) is 0 Å². The van der Waals surface area contributed by atoms with Crippen molar-refractivity contribution in [3.05, 3.63) is 29.8 Å². The second-order valence-corrected chi connectivity index (χ2v) is 5.86. The topological polar surface area (TPSA) is 45.7 Å². The van der Waals surface area contributed by atoms with Crippen LogP contribution in [0, 0.1) is 12.8 Å². The molecule has 2 rings (SSSR count). The van der Waals surface area contributed by atoms with Crippen LogP contribution in [-0.2, 0) is 0 Å². The quantitative estimate of drug-likeness (QED) is 0.407. The predicted octanol–water partition coefficient (Wildman–Crippen LogP) is 3.35. The van der Waals surface area contributed by atoms with Gasteiger partial charge in [-0.1, -0.05) is 25.0 Å². The van der Waals surface area contributed by atoms with Crippen molar-refractivity contribution >= 4 is 29.9 Å². The third kappa shape index (κ3) is 7.33. The van der Waals surface area contributed by atoms with E-state index in [0.717, 1.165) is 30.7 Å². The number of benzene rings is 1. The maximum absolute atomic E-state index is 5.90. The van der Waals surface area contributed by atoms with Crippen LogP contribution < -0.4 is 15.4 Å². The number of ether oxygens (including phenoxy) is 1. The molecule has 5 heteroatoms. The van der Waals surface area contributed by atoms with Gasteiger partial charge in [0.15, 0.2) is 5.96 Å². The molecule has 0 aliphatic heterocycles. The lowest BCUT2D eigenvalue weighted by Crippen LogP contribution is -2.42. The Bertz CT molecular complexity index is 475. The fourth-order valence-corrected chi connectivity index (χ4v) is 2.22. The summed E-state index contributed by atoms with van der Waals surface area (Å²) in [5, 5.41) is 6.66. The van der Waals surface area contributed by atoms with Gasteiger partial charge in [0.25, 0.3) is 0 Å². The molecule has 1 aromatic carbocycles. The van der Waals surface area contributed by atoms with Gasteiger partial charge >= 0.3 is 0 Å². The summed E-state index contributed by atoms with van der Waals surface area (Å²) >= 11 is 0. The largest absolute Gasteiger partial charge is 0.489 e. The van der Waals surface area contributed by atoms with Crippen molar-refractivity contribution in [2.45, 2.75) is 39.2 Å². The van der Waals surface area contributed by atoms with Crippen molar-refractivity contribution < 1.29 is 4.74 Å². The summed E-state index contributed by atoms with van der Waals surface area (Å²) in [5.74, 6) is 2.72. The van der Waals surface area contributed by atoms with Crippen molar-refractivity contribution in [1.29, 1.82) is 0 Å². The van der Waals surface area contributed by atoms with Crippen molar-refractivity contribution in [3.63, 3.8) is 0 Å². The van der Waals surface area contributed by atoms with Gasteiger partial charge in [-0.25, -0.2) is 0 Å². The number of hydrogen-bond acceptors (Lipinski definition) is 2. The van der Waals surface area contributed by atoms with Gasteiger partial charge in [-0.3, -0.25) is 4.99 Å². The molecule has 0 spiro atoms. The van der Waals surface area contributed by atoms with Crippen LogP contribution in [0.5, 0.6) is 5.75 Å². The number of rotatable bonds is 7. The molecule has 1 aliphatic carbocycles. The summed E-state index contributed by atoms with van der Waals surface area (Å²) in [7, 11) is 1.80. The highest BCUT2D eigenvalue weighted by Crippen LogP contribution is 2.31. The van der Waals surface area contributed by atoms with Crippen LogP contribution in [-0.4, -0.2) is 32.2 Å². The zero-order chi connectivity index (χ0) is 15.1. The number of guanidine groups is 1. The number of aliphatic imine (C=N–C) groups is 1. The average molecular weight is 417 g/mol. The van der Waals surface area contributed by atoms with Crippen molar-refractivity contribution in [2.75, 3.05) is 20.1 Å². The minimum Gasteiger partial charge on any atom is -0.489 e. The molecule has 0 heterocycles. The molecular formula is C17H28IN3O. The first-order valence-electron chi connectivity index (χ1n) is 7.85. The van der Waals surface area contributed by atoms with Gasteiger partial charge in [0.05, 0.1) is 6.54 Å². The van der Waals surface area contributed by atoms with E-state index in [0.29, 0.717) is 0 Å². The zero-order valence-corrected chi connectivity index (χ0v) is 16.1. The Morgan fingerprint density at radius 2 is 2.14 bits per heavy atom. The van der Waals surface area contributed by atoms with E-state index >= 15 is 0 Å². The third-order valence-electron chi connectivity index (χ3n) is 3.65. The molecular weight excluding hydrogens is 389 g/mol. The Hall–Kier alpha value is -0.980. The first-order valence-corrected chi connectivity index (χ1v) is 7.85. The van der Waals surface area contributed by atoms with E-state index in [1.807, 2.05) is 12.1 Å². The highest BCUT2D eigenvalue weighted by molar-refractivity contribution is 14.0. The minimum absolute atomic E-state index is 0. The number of halogens is 1. The number of nitrogens with one attached hydrogen (secondary N) is 2. The smallest absolute Gasteiger partial charge is 0.191 e. The number of aryl methyl sites for hydroxylation is 1. The summed E-state index contributed by atoms with van der Waals surface area (Å²) in [6.07, 6.45) is 4.13. The summed E-state index contributed by atoms with van der Waals surface area (Å²) in [6.45, 7) is 5.86. The molecule has 2 N–H and O–H groups in total. The fraction of sp³-hybridized carbons (Fsp3) is 0.588. The van der Waals surface area contributed by atoms with E-state index in [9.17, 15) is 0 Å². The van der Waals surface area contributed by atoms with E-state index in [1.54, 1.807) is 7.05 Å². The van der Waals surface area contributed by atoms with Gasteiger partial charge in [0, 0.05) is 13.6 Å². The monoisotopic (exact) mass is 417 g/mol. The van der Waals surface area contributed by atoms with Gasteiger partial charge in [-0.05, 0) is 43.9 Å². The fourth-order valence-electron chi connectivity index (χ4n) is 2.22. The maximum atomic E-state index is 5.90. The maximum Gasteiger partial charge on any atom is 0.191 e. The Kier molecular flexibility index (Phi) is 8.60. The number of hydrogen-bond donors (Lipinski definition) is 2. The molecule has 0 amide bonds. The minimum atomic E-state index is 0. The van der Waals surface area contributed by atoms with E-state index < -0.39 is 0 Å². The summed E-state index contributed by atoms with van der Waals surface area (Å²) in [6, 6.07) is 8.13. The van der Waals surface area contributed by atoms with Crippen molar-refractivity contribution in [2.24, 2.45) is 10.9 Å². The summed E-state index contributed by atoms with van der Waals surface area (Å²) in [5.41, 5.74) is 1.21. The second-order valence-electron chi connectivity index (χ2n) is 5.86. The first kappa shape index (κ1) is 19.1. The van der Waals surface area contributed by atoms with Gasteiger partial charge in [-0.2, -0.15) is 0 Å². The average Bonchev–Trinajstić information content (AvgIpc) is 3.26. The highest BCUT2D eigenvalue weighted by Gasteiger charge is 2.20. The second kappa shape index (κ2) is 9.92. The molecule has 124 valence electrons. The lowest BCUT2D eigenvalue weighted by Gasteiger charge is -2.18. The molecule has 4 nitrogen and oxygen atoms in total. The van der Waals surface area contributed by atoms with E-state index in [1.165, 1.54) is 24.8 Å². The standard InChI is InChI=1S/C17H27N3O.HI/c1-13-5-4-6-16(11-13)21-14(2)12-20-17(18-3)19-10-9-15-7-8-15;/h4-6,11,14-15H,7-10,12H2,1-3H3,(H2,18,19,20);1H. The van der Waals surface area contributed by atoms with Gasteiger partial charge in [0.2, 0.25) is 0 Å². The lowest BCUT2D eigenvalue weighted by molar-refractivity contribution is 0.223. The molecule has 0 aromatic heterocycles. The van der Waals surface area contributed by atoms with Crippen LogP contribution >= 0.6 is 24.0 Å². The normalized spacial score (nSPS) is 15.7. The lowest BCUT2D eigenvalue weighted by atomic mass is 10.2.